The van der Waals surface area contributed by atoms with Crippen LogP contribution in [0.1, 0.15) is 62.7 Å². The van der Waals surface area contributed by atoms with Gasteiger partial charge in [-0.1, -0.05) is 56.2 Å². The summed E-state index contributed by atoms with van der Waals surface area (Å²) < 4.78 is 41.0. The van der Waals surface area contributed by atoms with Gasteiger partial charge in [0.2, 0.25) is 10.0 Å². The Morgan fingerprint density at radius 1 is 1.23 bits per heavy atom. The van der Waals surface area contributed by atoms with Gasteiger partial charge < -0.3 is 19.5 Å². The van der Waals surface area contributed by atoms with Gasteiger partial charge in [-0.25, -0.2) is 13.1 Å². The molecule has 44 heavy (non-hydrogen) atoms. The summed E-state index contributed by atoms with van der Waals surface area (Å²) in [5.41, 5.74) is 0.657. The fourth-order valence-electron chi connectivity index (χ4n) is 8.30. The van der Waals surface area contributed by atoms with Gasteiger partial charge in [0.1, 0.15) is 11.0 Å². The fraction of sp³-hybridized carbons (Fsp3) is 0.618. The van der Waals surface area contributed by atoms with E-state index < -0.39 is 27.3 Å². The zero-order valence-electron chi connectivity index (χ0n) is 25.9. The first-order valence-corrected chi connectivity index (χ1v) is 17.9. The second-order valence-corrected chi connectivity index (χ2v) is 16.3. The third-order valence-electron chi connectivity index (χ3n) is 11.3. The minimum absolute atomic E-state index is 0.0451. The number of anilines is 1. The molecule has 8 nitrogen and oxygen atoms in total. The number of carbonyl (C=O) groups is 1. The number of allylic oxidation sites excluding steroid dienone is 5. The lowest BCUT2D eigenvalue weighted by Crippen LogP contribution is -2.56. The molecule has 1 amide bonds. The lowest BCUT2D eigenvalue weighted by Gasteiger charge is -2.56. The number of methoxy groups -OCH3 is 1. The normalized spacial score (nSPS) is 39.1. The Morgan fingerprint density at radius 2 is 2.05 bits per heavy atom. The van der Waals surface area contributed by atoms with E-state index in [0.29, 0.717) is 31.4 Å². The minimum atomic E-state index is -4.05. The number of hydrogen-bond acceptors (Lipinski definition) is 7. The molecular weight excluding hydrogens is 600 g/mol. The van der Waals surface area contributed by atoms with Crippen LogP contribution in [0, 0.1) is 34.5 Å². The van der Waals surface area contributed by atoms with Crippen molar-refractivity contribution in [1.29, 1.82) is 0 Å². The highest BCUT2D eigenvalue weighted by Crippen LogP contribution is 2.59. The number of nitrogens with zero attached hydrogens (tertiary/aromatic N) is 1. The first kappa shape index (κ1) is 31.6. The van der Waals surface area contributed by atoms with E-state index in [1.165, 1.54) is 7.11 Å². The molecule has 0 radical (unpaired) electrons. The Hall–Kier alpha value is -2.33. The first-order chi connectivity index (χ1) is 20.9. The number of fused-ring (bicyclic) bond motifs is 4. The Bertz CT molecular complexity index is 1480. The molecule has 6 rings (SSSR count). The molecule has 1 aromatic carbocycles. The molecule has 10 heteroatoms. The van der Waals surface area contributed by atoms with Crippen LogP contribution in [0.2, 0.25) is 0 Å². The highest BCUT2D eigenvalue weighted by molar-refractivity contribution is 7.90. The number of sulfonamides is 1. The van der Waals surface area contributed by atoms with E-state index >= 15 is 0 Å². The Kier molecular flexibility index (Phi) is 8.72. The van der Waals surface area contributed by atoms with Gasteiger partial charge in [-0.2, -0.15) is 0 Å². The number of ether oxygens (including phenoxy) is 2. The van der Waals surface area contributed by atoms with Crippen molar-refractivity contribution in [3.63, 3.8) is 0 Å². The van der Waals surface area contributed by atoms with Crippen LogP contribution in [0.4, 0.5) is 5.69 Å². The van der Waals surface area contributed by atoms with Gasteiger partial charge >= 0.3 is 0 Å². The minimum Gasteiger partial charge on any atom is -0.491 e. The quantitative estimate of drug-likeness (QED) is 0.414. The predicted molar refractivity (Wildman–Crippen MR) is 172 cm³/mol. The molecule has 1 aromatic rings. The highest BCUT2D eigenvalue weighted by Gasteiger charge is 2.56. The number of aliphatic hydroxyl groups is 1. The number of nitrogens with one attached hydrogen (secondary N) is 1. The average molecular weight is 645 g/mol. The van der Waals surface area contributed by atoms with E-state index in [2.05, 4.69) is 28.7 Å². The summed E-state index contributed by atoms with van der Waals surface area (Å²) in [4.78, 5) is 15.8. The molecule has 2 bridgehead atoms. The highest BCUT2D eigenvalue weighted by atomic mass is 35.5. The number of amides is 1. The van der Waals surface area contributed by atoms with Crippen LogP contribution in [0.3, 0.4) is 0 Å². The van der Waals surface area contributed by atoms with Crippen molar-refractivity contribution >= 4 is 33.2 Å². The van der Waals surface area contributed by atoms with E-state index in [1.54, 1.807) is 18.2 Å². The van der Waals surface area contributed by atoms with E-state index in [4.69, 9.17) is 21.1 Å². The Balaban J connectivity index is 1.41. The van der Waals surface area contributed by atoms with Gasteiger partial charge in [-0.05, 0) is 80.1 Å². The summed E-state index contributed by atoms with van der Waals surface area (Å²) in [6.45, 7) is 6.15. The Labute approximate surface area is 266 Å². The van der Waals surface area contributed by atoms with E-state index in [9.17, 15) is 18.3 Å². The summed E-state index contributed by atoms with van der Waals surface area (Å²) in [6, 6.07) is 5.22. The van der Waals surface area contributed by atoms with Crippen molar-refractivity contribution < 1.29 is 27.8 Å². The maximum atomic E-state index is 13.5. The average Bonchev–Trinajstić information content (AvgIpc) is 3.12. The van der Waals surface area contributed by atoms with Crippen molar-refractivity contribution in [2.45, 2.75) is 63.7 Å². The summed E-state index contributed by atoms with van der Waals surface area (Å²) in [6.07, 6.45) is 14.9. The zero-order chi connectivity index (χ0) is 31.3. The molecule has 2 aliphatic heterocycles. The van der Waals surface area contributed by atoms with Gasteiger partial charge in [-0.15, -0.1) is 0 Å². The number of benzene rings is 1. The predicted octanol–water partition coefficient (Wildman–Crippen LogP) is 5.43. The van der Waals surface area contributed by atoms with Gasteiger partial charge in [0.15, 0.2) is 0 Å². The molecule has 5 aliphatic rings. The van der Waals surface area contributed by atoms with Crippen LogP contribution < -0.4 is 14.4 Å². The van der Waals surface area contributed by atoms with Crippen LogP contribution in [-0.2, 0) is 14.8 Å². The van der Waals surface area contributed by atoms with E-state index in [1.807, 2.05) is 25.2 Å². The molecule has 0 aromatic heterocycles. The second-order valence-electron chi connectivity index (χ2n) is 13.9. The molecule has 240 valence electrons. The van der Waals surface area contributed by atoms with Gasteiger partial charge in [-0.3, -0.25) is 4.79 Å². The third-order valence-corrected chi connectivity index (χ3v) is 13.2. The second kappa shape index (κ2) is 12.1. The van der Waals surface area contributed by atoms with Crippen LogP contribution in [0.25, 0.3) is 0 Å². The molecule has 1 spiro atoms. The van der Waals surface area contributed by atoms with Crippen molar-refractivity contribution in [3.8, 4) is 5.75 Å². The van der Waals surface area contributed by atoms with Crippen LogP contribution in [0.5, 0.6) is 5.75 Å². The van der Waals surface area contributed by atoms with Crippen molar-refractivity contribution in [1.82, 2.24) is 4.72 Å². The smallest absolute Gasteiger partial charge is 0.264 e. The summed E-state index contributed by atoms with van der Waals surface area (Å²) in [7, 11) is -2.59. The lowest BCUT2D eigenvalue weighted by molar-refractivity contribution is -0.0242. The Morgan fingerprint density at radius 3 is 2.80 bits per heavy atom. The summed E-state index contributed by atoms with van der Waals surface area (Å²) in [5.74, 6) is 0.545. The number of rotatable bonds is 2. The largest absolute Gasteiger partial charge is 0.491 e. The molecular formula is C34H45ClN2O6S. The van der Waals surface area contributed by atoms with Crippen molar-refractivity contribution in [2.75, 3.05) is 38.3 Å². The van der Waals surface area contributed by atoms with Crippen LogP contribution in [-0.4, -0.2) is 64.2 Å². The number of carbonyl (C=O) groups excluding carboxylic acids is 1. The maximum Gasteiger partial charge on any atom is 0.264 e. The van der Waals surface area contributed by atoms with Gasteiger partial charge in [0.05, 0.1) is 25.0 Å². The van der Waals surface area contributed by atoms with E-state index in [-0.39, 0.29) is 47.2 Å². The maximum absolute atomic E-state index is 13.5. The topological polar surface area (TPSA) is 105 Å². The van der Waals surface area contributed by atoms with Crippen LogP contribution in [0.15, 0.2) is 53.6 Å². The molecule has 8 atom stereocenters. The molecule has 2 N–H and O–H groups in total. The van der Waals surface area contributed by atoms with E-state index in [0.717, 1.165) is 42.8 Å². The van der Waals surface area contributed by atoms with Crippen LogP contribution >= 0.6 is 11.6 Å². The SMILES string of the molecule is COC[C@@H]1C[C@H](C)/C=C/[C@H](O)[C@@H]2CC[C@H]2CN2C[C@@]3(CCCC4C=C(Cl)C=CC43C)COc3ccc(cc32)C(=O)NS1(=O)=O. The number of halogens is 1. The lowest BCUT2D eigenvalue weighted by atomic mass is 9.51. The van der Waals surface area contributed by atoms with Crippen molar-refractivity contribution in [3.05, 3.63) is 59.2 Å². The number of hydrogen-bond donors (Lipinski definition) is 2. The molecule has 3 aliphatic carbocycles. The molecule has 2 saturated carbocycles. The van der Waals surface area contributed by atoms with Gasteiger partial charge in [0, 0.05) is 41.6 Å². The summed E-state index contributed by atoms with van der Waals surface area (Å²) in [5, 5.41) is 11.1. The molecule has 0 saturated heterocycles. The molecule has 2 unspecified atom stereocenters. The van der Waals surface area contributed by atoms with Crippen molar-refractivity contribution in [2.24, 2.45) is 34.5 Å². The monoisotopic (exact) mass is 644 g/mol. The third kappa shape index (κ3) is 5.74. The zero-order valence-corrected chi connectivity index (χ0v) is 27.4. The summed E-state index contributed by atoms with van der Waals surface area (Å²) >= 11 is 6.49. The molecule has 2 heterocycles. The molecule has 2 fully saturated rings. The first-order valence-electron chi connectivity index (χ1n) is 15.9. The van der Waals surface area contributed by atoms with Gasteiger partial charge in [0.25, 0.3) is 5.91 Å². The fourth-order valence-corrected chi connectivity index (χ4v) is 9.93. The number of aliphatic hydroxyl groups excluding tert-OH is 1. The standard InChI is InChI=1S/C34H45ClN2O6S/c1-22-6-10-30(38)28-9-7-24(28)18-37-20-34(13-4-5-25-17-26(35)12-14-33(25,34)2)21-43-31-11-8-23(16-29(31)37)32(39)36-44(40,41)27(15-22)19-42-3/h6,8,10-12,14,16-17,22,24-25,27-28,30,38H,4-5,7,9,13,15,18-21H2,1-3H3,(H,36,39)/b10-6+/t22-,24+,25?,27+,28-,30+,33?,34+/m1/s1.